The van der Waals surface area contributed by atoms with Crippen LogP contribution < -0.4 is 4.74 Å². The summed E-state index contributed by atoms with van der Waals surface area (Å²) >= 11 is 0. The smallest absolute Gasteiger partial charge is 0.256 e. The molecule has 2 aromatic heterocycles. The normalized spacial score (nSPS) is 11.9. The van der Waals surface area contributed by atoms with Crippen molar-refractivity contribution < 1.29 is 9.53 Å². The molecule has 0 saturated heterocycles. The number of aromatic nitrogens is 2. The van der Waals surface area contributed by atoms with Gasteiger partial charge in [0.1, 0.15) is 5.75 Å². The van der Waals surface area contributed by atoms with Crippen LogP contribution in [0.25, 0.3) is 10.9 Å². The quantitative estimate of drug-likeness (QED) is 0.400. The average Bonchev–Trinajstić information content (AvgIpc) is 2.82. The van der Waals surface area contributed by atoms with E-state index in [0.29, 0.717) is 12.1 Å². The van der Waals surface area contributed by atoms with Crippen LogP contribution in [-0.4, -0.2) is 27.9 Å². The highest BCUT2D eigenvalue weighted by Gasteiger charge is 2.25. The summed E-state index contributed by atoms with van der Waals surface area (Å²) in [4.78, 5) is 24.9. The SMILES string of the molecule is COc1ccc(C(C)N(Cc2ccccn2)C(=O)c2cc3cc(C)ccc3nc2C)cc1. The molecule has 5 heteroatoms. The molecular formula is C27H27N3O2. The van der Waals surface area contributed by atoms with Crippen molar-refractivity contribution in [2.45, 2.75) is 33.4 Å². The maximum atomic E-state index is 13.9. The van der Waals surface area contributed by atoms with Crippen LogP contribution in [-0.2, 0) is 6.54 Å². The molecule has 2 heterocycles. The van der Waals surface area contributed by atoms with E-state index in [4.69, 9.17) is 9.72 Å². The Morgan fingerprint density at radius 2 is 1.81 bits per heavy atom. The Balaban J connectivity index is 1.75. The molecule has 1 amide bonds. The number of hydrogen-bond acceptors (Lipinski definition) is 4. The Hall–Kier alpha value is -3.73. The van der Waals surface area contributed by atoms with Crippen LogP contribution in [0.1, 0.15) is 45.8 Å². The molecule has 1 unspecified atom stereocenters. The zero-order valence-corrected chi connectivity index (χ0v) is 18.9. The minimum atomic E-state index is -0.164. The Bertz CT molecular complexity index is 1240. The summed E-state index contributed by atoms with van der Waals surface area (Å²) in [7, 11) is 1.65. The molecule has 4 rings (SSSR count). The maximum Gasteiger partial charge on any atom is 0.256 e. The molecule has 0 radical (unpaired) electrons. The van der Waals surface area contributed by atoms with E-state index >= 15 is 0 Å². The maximum absolute atomic E-state index is 13.9. The lowest BCUT2D eigenvalue weighted by atomic mass is 10.0. The lowest BCUT2D eigenvalue weighted by molar-refractivity contribution is 0.0670. The zero-order chi connectivity index (χ0) is 22.7. The van der Waals surface area contributed by atoms with Crippen molar-refractivity contribution in [3.63, 3.8) is 0 Å². The van der Waals surface area contributed by atoms with Crippen LogP contribution in [0.5, 0.6) is 5.75 Å². The highest BCUT2D eigenvalue weighted by Crippen LogP contribution is 2.28. The first kappa shape index (κ1) is 21.5. The van der Waals surface area contributed by atoms with E-state index in [0.717, 1.165) is 39.2 Å². The summed E-state index contributed by atoms with van der Waals surface area (Å²) in [5.74, 6) is 0.723. The van der Waals surface area contributed by atoms with Crippen molar-refractivity contribution in [1.82, 2.24) is 14.9 Å². The molecular weight excluding hydrogens is 398 g/mol. The van der Waals surface area contributed by atoms with Gasteiger partial charge in [-0.15, -0.1) is 0 Å². The number of nitrogens with zero attached hydrogens (tertiary/aromatic N) is 3. The molecule has 5 nitrogen and oxygen atoms in total. The second-order valence-electron chi connectivity index (χ2n) is 8.02. The summed E-state index contributed by atoms with van der Waals surface area (Å²) < 4.78 is 5.29. The number of pyridine rings is 2. The standard InChI is InChI=1S/C27H27N3O2/c1-18-8-13-26-22(15-18)16-25(19(2)29-26)27(31)30(17-23-7-5-6-14-28-23)20(3)21-9-11-24(32-4)12-10-21/h5-16,20H,17H2,1-4H3. The number of amides is 1. The number of hydrogen-bond donors (Lipinski definition) is 0. The molecule has 0 bridgehead atoms. The van der Waals surface area contributed by atoms with E-state index in [1.807, 2.05) is 86.3 Å². The van der Waals surface area contributed by atoms with E-state index < -0.39 is 0 Å². The highest BCUT2D eigenvalue weighted by molar-refractivity contribution is 5.99. The van der Waals surface area contributed by atoms with E-state index in [2.05, 4.69) is 11.1 Å². The van der Waals surface area contributed by atoms with Gasteiger partial charge in [-0.1, -0.05) is 29.8 Å². The second kappa shape index (κ2) is 9.18. The first-order chi connectivity index (χ1) is 15.5. The molecule has 0 aliphatic heterocycles. The number of fused-ring (bicyclic) bond motifs is 1. The third-order valence-corrected chi connectivity index (χ3v) is 5.78. The summed E-state index contributed by atoms with van der Waals surface area (Å²) in [5.41, 5.74) is 5.22. The Morgan fingerprint density at radius 1 is 1.03 bits per heavy atom. The molecule has 0 fully saturated rings. The number of carbonyl (C=O) groups excluding carboxylic acids is 1. The fourth-order valence-electron chi connectivity index (χ4n) is 3.88. The molecule has 162 valence electrons. The predicted molar refractivity (Wildman–Crippen MR) is 127 cm³/mol. The van der Waals surface area contributed by atoms with Crippen molar-refractivity contribution in [1.29, 1.82) is 0 Å². The van der Waals surface area contributed by atoms with Crippen LogP contribution in [0.3, 0.4) is 0 Å². The van der Waals surface area contributed by atoms with Crippen LogP contribution >= 0.6 is 0 Å². The number of rotatable bonds is 6. The third kappa shape index (κ3) is 4.47. The molecule has 32 heavy (non-hydrogen) atoms. The lowest BCUT2D eigenvalue weighted by Gasteiger charge is -2.30. The number of methoxy groups -OCH3 is 1. The molecule has 0 saturated carbocycles. The van der Waals surface area contributed by atoms with Crippen LogP contribution in [0.15, 0.2) is 72.9 Å². The third-order valence-electron chi connectivity index (χ3n) is 5.78. The minimum Gasteiger partial charge on any atom is -0.497 e. The Labute approximate surface area is 188 Å². The van der Waals surface area contributed by atoms with Gasteiger partial charge in [0.25, 0.3) is 5.91 Å². The minimum absolute atomic E-state index is 0.0626. The average molecular weight is 426 g/mol. The van der Waals surface area contributed by atoms with E-state index in [9.17, 15) is 4.79 Å². The second-order valence-corrected chi connectivity index (χ2v) is 8.02. The molecule has 4 aromatic rings. The van der Waals surface area contributed by atoms with Crippen LogP contribution in [0, 0.1) is 13.8 Å². The van der Waals surface area contributed by atoms with Gasteiger partial charge in [-0.05, 0) is 68.8 Å². The number of carbonyl (C=O) groups is 1. The van der Waals surface area contributed by atoms with Crippen molar-refractivity contribution in [3.8, 4) is 5.75 Å². The fraction of sp³-hybridized carbons (Fsp3) is 0.222. The van der Waals surface area contributed by atoms with Gasteiger partial charge in [-0.25, -0.2) is 0 Å². The van der Waals surface area contributed by atoms with Gasteiger partial charge < -0.3 is 9.64 Å². The molecule has 1 atom stereocenters. The summed E-state index contributed by atoms with van der Waals surface area (Å²) in [6, 6.07) is 21.5. The van der Waals surface area contributed by atoms with Gasteiger partial charge in [0, 0.05) is 11.6 Å². The number of benzene rings is 2. The van der Waals surface area contributed by atoms with E-state index in [-0.39, 0.29) is 11.9 Å². The fourth-order valence-corrected chi connectivity index (χ4v) is 3.88. The van der Waals surface area contributed by atoms with Crippen LogP contribution in [0.4, 0.5) is 0 Å². The molecule has 2 aromatic carbocycles. The van der Waals surface area contributed by atoms with Crippen molar-refractivity contribution >= 4 is 16.8 Å². The summed E-state index contributed by atoms with van der Waals surface area (Å²) in [6.45, 7) is 6.37. The topological polar surface area (TPSA) is 55.3 Å². The lowest BCUT2D eigenvalue weighted by Crippen LogP contribution is -2.34. The van der Waals surface area contributed by atoms with Gasteiger partial charge in [-0.2, -0.15) is 0 Å². The first-order valence-electron chi connectivity index (χ1n) is 10.7. The first-order valence-corrected chi connectivity index (χ1v) is 10.7. The van der Waals surface area contributed by atoms with Gasteiger partial charge in [0.15, 0.2) is 0 Å². The van der Waals surface area contributed by atoms with Crippen molar-refractivity contribution in [2.24, 2.45) is 0 Å². The summed E-state index contributed by atoms with van der Waals surface area (Å²) in [6.07, 6.45) is 1.75. The molecule has 0 N–H and O–H groups in total. The number of aryl methyl sites for hydroxylation is 2. The Morgan fingerprint density at radius 3 is 2.50 bits per heavy atom. The molecule has 0 aliphatic carbocycles. The van der Waals surface area contributed by atoms with Crippen LogP contribution in [0.2, 0.25) is 0 Å². The monoisotopic (exact) mass is 425 g/mol. The van der Waals surface area contributed by atoms with E-state index in [1.165, 1.54) is 0 Å². The van der Waals surface area contributed by atoms with Gasteiger partial charge in [0.2, 0.25) is 0 Å². The van der Waals surface area contributed by atoms with Gasteiger partial charge in [-0.3, -0.25) is 14.8 Å². The molecule has 0 aliphatic rings. The predicted octanol–water partition coefficient (Wildman–Crippen LogP) is 5.66. The Kier molecular flexibility index (Phi) is 6.17. The van der Waals surface area contributed by atoms with Gasteiger partial charge in [0.05, 0.1) is 42.2 Å². The highest BCUT2D eigenvalue weighted by atomic mass is 16.5. The largest absolute Gasteiger partial charge is 0.497 e. The van der Waals surface area contributed by atoms with Gasteiger partial charge >= 0.3 is 0 Å². The zero-order valence-electron chi connectivity index (χ0n) is 18.9. The van der Waals surface area contributed by atoms with Crippen molar-refractivity contribution in [2.75, 3.05) is 7.11 Å². The van der Waals surface area contributed by atoms with Crippen molar-refractivity contribution in [3.05, 3.63) is 101 Å². The number of ether oxygens (including phenoxy) is 1. The molecule has 0 spiro atoms. The van der Waals surface area contributed by atoms with E-state index in [1.54, 1.807) is 13.3 Å². The summed E-state index contributed by atoms with van der Waals surface area (Å²) in [5, 5.41) is 0.967.